The molecule has 1 fully saturated rings. The van der Waals surface area contributed by atoms with Crippen LogP contribution in [0.15, 0.2) is 55.1 Å². The number of phenolic OH excluding ortho intramolecular Hbond substituents is 1. The number of benzene rings is 2. The van der Waals surface area contributed by atoms with Gasteiger partial charge in [0.1, 0.15) is 11.6 Å². The Bertz CT molecular complexity index is 877. The number of aromatic hydroxyl groups is 1. The molecule has 1 saturated carbocycles. The molecule has 0 aromatic heterocycles. The molecule has 0 aliphatic heterocycles. The highest BCUT2D eigenvalue weighted by molar-refractivity contribution is 6.02. The van der Waals surface area contributed by atoms with E-state index in [0.29, 0.717) is 18.7 Å². The molecule has 0 spiro atoms. The molecule has 0 atom stereocenters. The van der Waals surface area contributed by atoms with E-state index in [9.17, 15) is 19.1 Å². The van der Waals surface area contributed by atoms with Gasteiger partial charge < -0.3 is 15.3 Å². The van der Waals surface area contributed by atoms with Crippen LogP contribution in [0.1, 0.15) is 28.8 Å². The molecule has 0 heterocycles. The zero-order valence-electron chi connectivity index (χ0n) is 14.8. The lowest BCUT2D eigenvalue weighted by Crippen LogP contribution is -2.35. The number of hydrogen-bond donors (Lipinski definition) is 2. The molecule has 1 aliphatic carbocycles. The second-order valence-corrected chi connectivity index (χ2v) is 6.53. The monoisotopic (exact) mass is 368 g/mol. The van der Waals surface area contributed by atoms with Crippen LogP contribution in [0.25, 0.3) is 0 Å². The number of anilines is 1. The topological polar surface area (TPSA) is 69.6 Å². The predicted molar refractivity (Wildman–Crippen MR) is 101 cm³/mol. The highest BCUT2D eigenvalue weighted by Gasteiger charge is 2.33. The van der Waals surface area contributed by atoms with Crippen LogP contribution in [-0.2, 0) is 11.2 Å². The minimum Gasteiger partial charge on any atom is -0.507 e. The minimum absolute atomic E-state index is 0.122. The number of amides is 2. The van der Waals surface area contributed by atoms with Crippen molar-refractivity contribution in [2.45, 2.75) is 25.3 Å². The van der Waals surface area contributed by atoms with Gasteiger partial charge in [-0.2, -0.15) is 0 Å². The van der Waals surface area contributed by atoms with Crippen LogP contribution < -0.4 is 5.32 Å². The number of carbonyl (C=O) groups is 2. The SMILES string of the molecule is C=CC(=O)Nc1ccc(O)c(C(=O)N(CCc2cccc(F)c2)C2CC2)c1. The van der Waals surface area contributed by atoms with Crippen molar-refractivity contribution in [3.63, 3.8) is 0 Å². The fourth-order valence-corrected chi connectivity index (χ4v) is 2.91. The summed E-state index contributed by atoms with van der Waals surface area (Å²) >= 11 is 0. The van der Waals surface area contributed by atoms with Gasteiger partial charge in [-0.05, 0) is 61.2 Å². The quantitative estimate of drug-likeness (QED) is 0.580. The third kappa shape index (κ3) is 4.73. The predicted octanol–water partition coefficient (Wildman–Crippen LogP) is 3.50. The number of carbonyl (C=O) groups excluding carboxylic acids is 2. The van der Waals surface area contributed by atoms with Crippen molar-refractivity contribution in [3.05, 3.63) is 72.1 Å². The molecule has 140 valence electrons. The van der Waals surface area contributed by atoms with Crippen molar-refractivity contribution < 1.29 is 19.1 Å². The van der Waals surface area contributed by atoms with E-state index in [4.69, 9.17) is 0 Å². The standard InChI is InChI=1S/C21H21FN2O3/c1-2-20(26)23-16-6-9-19(25)18(13-16)21(27)24(17-7-8-17)11-10-14-4-3-5-15(22)12-14/h2-6,9,12-13,17,25H,1,7-8,10-11H2,(H,23,26). The zero-order chi connectivity index (χ0) is 19.4. The Morgan fingerprint density at radius 2 is 2.04 bits per heavy atom. The highest BCUT2D eigenvalue weighted by atomic mass is 19.1. The normalized spacial score (nSPS) is 13.1. The summed E-state index contributed by atoms with van der Waals surface area (Å²) in [7, 11) is 0. The van der Waals surface area contributed by atoms with E-state index in [1.807, 2.05) is 6.07 Å². The summed E-state index contributed by atoms with van der Waals surface area (Å²) in [6, 6.07) is 10.8. The van der Waals surface area contributed by atoms with Crippen molar-refractivity contribution in [1.82, 2.24) is 4.90 Å². The molecule has 5 nitrogen and oxygen atoms in total. The first kappa shape index (κ1) is 18.6. The van der Waals surface area contributed by atoms with E-state index >= 15 is 0 Å². The maximum absolute atomic E-state index is 13.4. The number of halogens is 1. The Morgan fingerprint density at radius 3 is 2.70 bits per heavy atom. The molecule has 0 bridgehead atoms. The Hall–Kier alpha value is -3.15. The molecular formula is C21H21FN2O3. The Morgan fingerprint density at radius 1 is 1.26 bits per heavy atom. The van der Waals surface area contributed by atoms with Gasteiger partial charge in [-0.15, -0.1) is 0 Å². The van der Waals surface area contributed by atoms with Gasteiger partial charge in [0.2, 0.25) is 5.91 Å². The summed E-state index contributed by atoms with van der Waals surface area (Å²) in [5.74, 6) is -1.15. The van der Waals surface area contributed by atoms with Crippen molar-refractivity contribution in [2.75, 3.05) is 11.9 Å². The molecule has 6 heteroatoms. The number of phenols is 1. The number of nitrogens with zero attached hydrogens (tertiary/aromatic N) is 1. The van der Waals surface area contributed by atoms with Crippen molar-refractivity contribution in [2.24, 2.45) is 0 Å². The number of rotatable bonds is 7. The van der Waals surface area contributed by atoms with E-state index in [2.05, 4.69) is 11.9 Å². The average Bonchev–Trinajstić information content (AvgIpc) is 3.48. The first-order valence-corrected chi connectivity index (χ1v) is 8.80. The minimum atomic E-state index is -0.399. The first-order valence-electron chi connectivity index (χ1n) is 8.80. The van der Waals surface area contributed by atoms with Gasteiger partial charge >= 0.3 is 0 Å². The summed E-state index contributed by atoms with van der Waals surface area (Å²) in [6.45, 7) is 3.81. The van der Waals surface area contributed by atoms with Gasteiger partial charge in [-0.3, -0.25) is 9.59 Å². The molecule has 0 radical (unpaired) electrons. The fraction of sp³-hybridized carbons (Fsp3) is 0.238. The van der Waals surface area contributed by atoms with E-state index in [1.165, 1.54) is 30.3 Å². The summed E-state index contributed by atoms with van der Waals surface area (Å²) in [5, 5.41) is 12.7. The van der Waals surface area contributed by atoms with Crippen LogP contribution in [0, 0.1) is 5.82 Å². The number of hydrogen-bond acceptors (Lipinski definition) is 3. The molecule has 2 aromatic carbocycles. The lowest BCUT2D eigenvalue weighted by atomic mass is 10.1. The molecule has 2 aromatic rings. The van der Waals surface area contributed by atoms with Crippen LogP contribution in [0.2, 0.25) is 0 Å². The Balaban J connectivity index is 1.77. The molecule has 27 heavy (non-hydrogen) atoms. The van der Waals surface area contributed by atoms with Crippen molar-refractivity contribution in [3.8, 4) is 5.75 Å². The van der Waals surface area contributed by atoms with Crippen LogP contribution in [-0.4, -0.2) is 34.4 Å². The first-order chi connectivity index (χ1) is 13.0. The summed E-state index contributed by atoms with van der Waals surface area (Å²) in [4.78, 5) is 26.2. The Labute approximate surface area is 157 Å². The summed E-state index contributed by atoms with van der Waals surface area (Å²) in [5.41, 5.74) is 1.34. The van der Waals surface area contributed by atoms with Gasteiger partial charge in [0.15, 0.2) is 0 Å². The molecule has 2 amide bonds. The van der Waals surface area contributed by atoms with Gasteiger partial charge in [-0.25, -0.2) is 4.39 Å². The van der Waals surface area contributed by atoms with Gasteiger partial charge in [0.25, 0.3) is 5.91 Å². The van der Waals surface area contributed by atoms with E-state index in [1.54, 1.807) is 11.0 Å². The largest absolute Gasteiger partial charge is 0.507 e. The summed E-state index contributed by atoms with van der Waals surface area (Å²) in [6.07, 6.45) is 3.46. The maximum atomic E-state index is 13.4. The smallest absolute Gasteiger partial charge is 0.257 e. The fourth-order valence-electron chi connectivity index (χ4n) is 2.91. The van der Waals surface area contributed by atoms with E-state index in [0.717, 1.165) is 24.5 Å². The van der Waals surface area contributed by atoms with E-state index < -0.39 is 5.91 Å². The maximum Gasteiger partial charge on any atom is 0.257 e. The molecule has 0 unspecified atom stereocenters. The third-order valence-electron chi connectivity index (χ3n) is 4.46. The summed E-state index contributed by atoms with van der Waals surface area (Å²) < 4.78 is 13.4. The van der Waals surface area contributed by atoms with Crippen LogP contribution in [0.5, 0.6) is 5.75 Å². The Kier molecular flexibility index (Phi) is 5.54. The average molecular weight is 368 g/mol. The highest BCUT2D eigenvalue weighted by Crippen LogP contribution is 2.31. The van der Waals surface area contributed by atoms with Crippen LogP contribution in [0.3, 0.4) is 0 Å². The molecule has 0 saturated heterocycles. The van der Waals surface area contributed by atoms with E-state index in [-0.39, 0.29) is 29.1 Å². The van der Waals surface area contributed by atoms with Gasteiger partial charge in [0.05, 0.1) is 5.56 Å². The molecule has 1 aliphatic rings. The lowest BCUT2D eigenvalue weighted by molar-refractivity contribution is -0.111. The molecule has 3 rings (SSSR count). The van der Waals surface area contributed by atoms with Crippen molar-refractivity contribution >= 4 is 17.5 Å². The zero-order valence-corrected chi connectivity index (χ0v) is 14.8. The van der Waals surface area contributed by atoms with Crippen LogP contribution in [0.4, 0.5) is 10.1 Å². The lowest BCUT2D eigenvalue weighted by Gasteiger charge is -2.23. The van der Waals surface area contributed by atoms with Crippen molar-refractivity contribution in [1.29, 1.82) is 0 Å². The number of nitrogens with one attached hydrogen (secondary N) is 1. The second-order valence-electron chi connectivity index (χ2n) is 6.53. The third-order valence-corrected chi connectivity index (χ3v) is 4.46. The van der Waals surface area contributed by atoms with Gasteiger partial charge in [0, 0.05) is 18.3 Å². The second kappa shape index (κ2) is 8.03. The van der Waals surface area contributed by atoms with Crippen LogP contribution >= 0.6 is 0 Å². The molecular weight excluding hydrogens is 347 g/mol. The van der Waals surface area contributed by atoms with Gasteiger partial charge in [-0.1, -0.05) is 18.7 Å². The molecule has 2 N–H and O–H groups in total.